The molecule has 5 rings (SSSR count). The third-order valence-electron chi connectivity index (χ3n) is 4.84. The number of amidine groups is 2. The molecule has 1 amide bonds. The zero-order valence-corrected chi connectivity index (χ0v) is 18.1. The topological polar surface area (TPSA) is 125 Å². The monoisotopic (exact) mass is 477 g/mol. The summed E-state index contributed by atoms with van der Waals surface area (Å²) in [7, 11) is 0. The molecular formula is C22H12ClN5O4S. The Bertz CT molecular complexity index is 1440. The van der Waals surface area contributed by atoms with E-state index in [1.807, 2.05) is 6.07 Å². The number of rotatable bonds is 4. The van der Waals surface area contributed by atoms with Crippen molar-refractivity contribution >= 4 is 57.1 Å². The smallest absolute Gasteiger partial charge is 0.283 e. The van der Waals surface area contributed by atoms with Crippen molar-refractivity contribution in [3.05, 3.63) is 92.7 Å². The van der Waals surface area contributed by atoms with Gasteiger partial charge >= 0.3 is 0 Å². The number of nitrogens with zero attached hydrogens (tertiary/aromatic N) is 4. The maximum atomic E-state index is 12.6. The fourth-order valence-corrected chi connectivity index (χ4v) is 4.51. The summed E-state index contributed by atoms with van der Waals surface area (Å²) in [5.74, 6) is -0.262. The van der Waals surface area contributed by atoms with Crippen molar-refractivity contribution in [2.45, 2.75) is 0 Å². The van der Waals surface area contributed by atoms with Crippen molar-refractivity contribution in [2.24, 2.45) is 10.1 Å². The second-order valence-corrected chi connectivity index (χ2v) is 8.24. The lowest BCUT2D eigenvalue weighted by Crippen LogP contribution is -2.35. The van der Waals surface area contributed by atoms with Gasteiger partial charge in [0.1, 0.15) is 16.6 Å². The molecule has 9 nitrogen and oxygen atoms in total. The van der Waals surface area contributed by atoms with Gasteiger partial charge in [-0.2, -0.15) is 15.1 Å². The molecule has 0 bridgehead atoms. The van der Waals surface area contributed by atoms with Gasteiger partial charge in [0.2, 0.25) is 5.17 Å². The number of hydrogen-bond donors (Lipinski definition) is 1. The van der Waals surface area contributed by atoms with E-state index in [0.717, 1.165) is 11.8 Å². The van der Waals surface area contributed by atoms with Crippen LogP contribution in [0.25, 0.3) is 17.4 Å². The number of para-hydroxylation sites is 1. The van der Waals surface area contributed by atoms with Crippen LogP contribution < -0.4 is 0 Å². The predicted molar refractivity (Wildman–Crippen MR) is 126 cm³/mol. The molecule has 0 saturated heterocycles. The largest absolute Gasteiger partial charge is 0.456 e. The Kier molecular flexibility index (Phi) is 5.15. The van der Waals surface area contributed by atoms with Crippen LogP contribution in [0.15, 0.2) is 80.7 Å². The molecule has 3 aromatic rings. The molecule has 0 unspecified atom stereocenters. The van der Waals surface area contributed by atoms with E-state index in [4.69, 9.17) is 21.4 Å². The van der Waals surface area contributed by atoms with Gasteiger partial charge < -0.3 is 4.42 Å². The molecular weight excluding hydrogens is 466 g/mol. The summed E-state index contributed by atoms with van der Waals surface area (Å²) >= 11 is 7.40. The highest BCUT2D eigenvalue weighted by molar-refractivity contribution is 8.27. The average Bonchev–Trinajstić information content (AvgIpc) is 3.44. The van der Waals surface area contributed by atoms with E-state index in [1.54, 1.807) is 48.5 Å². The Labute approximate surface area is 195 Å². The van der Waals surface area contributed by atoms with Crippen LogP contribution >= 0.6 is 23.4 Å². The van der Waals surface area contributed by atoms with Gasteiger partial charge in [-0.15, -0.1) is 0 Å². The maximum absolute atomic E-state index is 12.6. The molecule has 162 valence electrons. The van der Waals surface area contributed by atoms with E-state index < -0.39 is 10.8 Å². The van der Waals surface area contributed by atoms with Gasteiger partial charge in [0.15, 0.2) is 5.84 Å². The van der Waals surface area contributed by atoms with Crippen molar-refractivity contribution in [2.75, 3.05) is 0 Å². The quantitative estimate of drug-likeness (QED) is 0.313. The Morgan fingerprint density at radius 1 is 1.09 bits per heavy atom. The molecule has 11 heteroatoms. The number of aliphatic imine (C=N–C) groups is 1. The first-order valence-corrected chi connectivity index (χ1v) is 10.7. The van der Waals surface area contributed by atoms with Crippen LogP contribution in [0.2, 0.25) is 5.02 Å². The summed E-state index contributed by atoms with van der Waals surface area (Å²) in [5.41, 5.74) is 0.860. The maximum Gasteiger partial charge on any atom is 0.283 e. The van der Waals surface area contributed by atoms with Crippen molar-refractivity contribution in [3.63, 3.8) is 0 Å². The van der Waals surface area contributed by atoms with E-state index in [9.17, 15) is 14.9 Å². The zero-order chi connectivity index (χ0) is 23.1. The third-order valence-corrected chi connectivity index (χ3v) is 6.11. The number of thioether (sulfide) groups is 1. The van der Waals surface area contributed by atoms with E-state index in [0.29, 0.717) is 21.2 Å². The fraction of sp³-hybridized carbons (Fsp3) is 0. The number of nitrogens with one attached hydrogen (secondary N) is 1. The van der Waals surface area contributed by atoms with Gasteiger partial charge in [0.05, 0.1) is 21.1 Å². The van der Waals surface area contributed by atoms with E-state index in [-0.39, 0.29) is 33.8 Å². The van der Waals surface area contributed by atoms with Crippen LogP contribution in [-0.4, -0.2) is 31.9 Å². The molecule has 2 aliphatic heterocycles. The number of benzene rings is 2. The van der Waals surface area contributed by atoms with Crippen LogP contribution in [-0.2, 0) is 4.79 Å². The summed E-state index contributed by atoms with van der Waals surface area (Å²) in [6, 6.07) is 16.5. The SMILES string of the molecule is N=C1/C(=C/c2ccc(-c3ccccc3[N+](=O)[O-])o2)C(=O)N=C2SC(c3ccccc3Cl)=NN12. The number of carbonyl (C=O) groups is 1. The number of carbonyl (C=O) groups excluding carboxylic acids is 1. The number of amides is 1. The van der Waals surface area contributed by atoms with Crippen molar-refractivity contribution in [1.82, 2.24) is 5.01 Å². The zero-order valence-electron chi connectivity index (χ0n) is 16.6. The highest BCUT2D eigenvalue weighted by atomic mass is 35.5. The number of hydrogen-bond acceptors (Lipinski definition) is 7. The second-order valence-electron chi connectivity index (χ2n) is 6.88. The van der Waals surface area contributed by atoms with Gasteiger partial charge in [0, 0.05) is 11.6 Å². The average molecular weight is 478 g/mol. The van der Waals surface area contributed by atoms with E-state index in [1.165, 1.54) is 17.2 Å². The minimum atomic E-state index is -0.613. The summed E-state index contributed by atoms with van der Waals surface area (Å²) < 4.78 is 5.72. The standard InChI is InChI=1S/C22H12ClN5O4S/c23-16-7-3-1-5-13(16)21-26-27-19(24)15(20(29)25-22(27)33-21)11-12-9-10-18(32-12)14-6-2-4-8-17(14)28(30)31/h1-11,24H/b15-11-,24-19?. The molecule has 0 atom stereocenters. The first-order chi connectivity index (χ1) is 15.9. The third kappa shape index (κ3) is 3.75. The molecule has 2 aromatic carbocycles. The van der Waals surface area contributed by atoms with Gasteiger partial charge in [-0.25, -0.2) is 0 Å². The number of nitro groups is 1. The number of nitro benzene ring substituents is 1. The molecule has 1 aromatic heterocycles. The highest BCUT2D eigenvalue weighted by Gasteiger charge is 2.36. The predicted octanol–water partition coefficient (Wildman–Crippen LogP) is 5.18. The number of halogens is 1. The molecule has 33 heavy (non-hydrogen) atoms. The van der Waals surface area contributed by atoms with Gasteiger partial charge in [0.25, 0.3) is 11.6 Å². The summed E-state index contributed by atoms with van der Waals surface area (Å²) in [6.45, 7) is 0. The van der Waals surface area contributed by atoms with Crippen LogP contribution in [0.1, 0.15) is 11.3 Å². The second kappa shape index (κ2) is 8.15. The van der Waals surface area contributed by atoms with E-state index in [2.05, 4.69) is 10.1 Å². The van der Waals surface area contributed by atoms with Crippen molar-refractivity contribution < 1.29 is 14.1 Å². The Balaban J connectivity index is 1.47. The molecule has 0 fully saturated rings. The minimum Gasteiger partial charge on any atom is -0.456 e. The lowest BCUT2D eigenvalue weighted by Gasteiger charge is -2.19. The molecule has 0 spiro atoms. The molecule has 3 heterocycles. The first kappa shape index (κ1) is 20.9. The summed E-state index contributed by atoms with van der Waals surface area (Å²) in [6.07, 6.45) is 1.37. The lowest BCUT2D eigenvalue weighted by molar-refractivity contribution is -0.384. The number of fused-ring (bicyclic) bond motifs is 1. The Morgan fingerprint density at radius 2 is 1.82 bits per heavy atom. The van der Waals surface area contributed by atoms with Crippen LogP contribution in [0.5, 0.6) is 0 Å². The lowest BCUT2D eigenvalue weighted by atomic mass is 10.1. The molecule has 0 saturated carbocycles. The van der Waals surface area contributed by atoms with Gasteiger partial charge in [-0.1, -0.05) is 41.9 Å². The molecule has 2 aliphatic rings. The molecule has 0 aliphatic carbocycles. The first-order valence-electron chi connectivity index (χ1n) is 9.51. The Morgan fingerprint density at radius 3 is 2.58 bits per heavy atom. The van der Waals surface area contributed by atoms with Crippen molar-refractivity contribution in [1.29, 1.82) is 5.41 Å². The van der Waals surface area contributed by atoms with Crippen LogP contribution in [0.4, 0.5) is 5.69 Å². The van der Waals surface area contributed by atoms with E-state index >= 15 is 0 Å². The van der Waals surface area contributed by atoms with Gasteiger partial charge in [-0.3, -0.25) is 20.3 Å². The molecule has 1 N–H and O–H groups in total. The molecule has 0 radical (unpaired) electrons. The Hall–Kier alpha value is -4.02. The fourth-order valence-electron chi connectivity index (χ4n) is 3.29. The summed E-state index contributed by atoms with van der Waals surface area (Å²) in [4.78, 5) is 27.5. The van der Waals surface area contributed by atoms with Crippen molar-refractivity contribution in [3.8, 4) is 11.3 Å². The van der Waals surface area contributed by atoms with Gasteiger partial charge in [-0.05, 0) is 42.1 Å². The number of furan rings is 1. The number of hydrazone groups is 1. The summed E-state index contributed by atoms with van der Waals surface area (Å²) in [5, 5.41) is 26.7. The normalized spacial score (nSPS) is 16.6. The van der Waals surface area contributed by atoms with Crippen LogP contribution in [0.3, 0.4) is 0 Å². The van der Waals surface area contributed by atoms with Crippen LogP contribution in [0, 0.1) is 15.5 Å². The highest BCUT2D eigenvalue weighted by Crippen LogP contribution is 2.34. The minimum absolute atomic E-state index is 0.0213.